The number of carbonyl (C=O) groups is 1. The van der Waals surface area contributed by atoms with Crippen molar-refractivity contribution in [2.75, 3.05) is 7.11 Å². The fraction of sp³-hybridized carbons (Fsp3) is 0.250. The van der Waals surface area contributed by atoms with Crippen LogP contribution in [0, 0.1) is 11.3 Å². The van der Waals surface area contributed by atoms with Crippen LogP contribution in [0.1, 0.15) is 11.1 Å². The topological polar surface area (TPSA) is 103 Å². The molecule has 0 bridgehead atoms. The lowest BCUT2D eigenvalue weighted by molar-refractivity contribution is -0.139. The second kappa shape index (κ2) is 6.83. The van der Waals surface area contributed by atoms with Gasteiger partial charge in [-0.15, -0.1) is 0 Å². The molecular formula is C16H15N3O5. The summed E-state index contributed by atoms with van der Waals surface area (Å²) in [5.41, 5.74) is -0.875. The highest BCUT2D eigenvalue weighted by atomic mass is 16.5. The van der Waals surface area contributed by atoms with E-state index in [4.69, 9.17) is 4.74 Å². The molecule has 1 aromatic carbocycles. The van der Waals surface area contributed by atoms with E-state index in [0.717, 1.165) is 9.13 Å². The van der Waals surface area contributed by atoms with E-state index in [9.17, 15) is 19.6 Å². The fourth-order valence-electron chi connectivity index (χ4n) is 2.07. The summed E-state index contributed by atoms with van der Waals surface area (Å²) in [4.78, 5) is 35.2. The van der Waals surface area contributed by atoms with Crippen molar-refractivity contribution in [1.29, 1.82) is 5.26 Å². The number of hydrogen-bond donors (Lipinski definition) is 0. The third kappa shape index (κ3) is 3.20. The van der Waals surface area contributed by atoms with Crippen LogP contribution < -0.4 is 16.0 Å². The summed E-state index contributed by atoms with van der Waals surface area (Å²) in [6, 6.07) is 8.20. The van der Waals surface area contributed by atoms with Crippen LogP contribution in [-0.2, 0) is 30.0 Å². The standard InChI is InChI=1S/C16H15N3O5/c1-18-14(21)12(9-17)15(19(2)16(18)22)24-11-6-4-10(5-7-11)8-13(20)23-3/h4-7H,8H2,1-3H3. The number of carbonyl (C=O) groups excluding carboxylic acids is 1. The number of methoxy groups -OCH3 is 1. The molecule has 0 saturated heterocycles. The highest BCUT2D eigenvalue weighted by Crippen LogP contribution is 2.22. The molecular weight excluding hydrogens is 314 g/mol. The van der Waals surface area contributed by atoms with Gasteiger partial charge in [-0.25, -0.2) is 4.79 Å². The Kier molecular flexibility index (Phi) is 4.84. The number of nitriles is 1. The molecule has 0 radical (unpaired) electrons. The first-order valence-corrected chi connectivity index (χ1v) is 6.92. The van der Waals surface area contributed by atoms with Gasteiger partial charge < -0.3 is 9.47 Å². The zero-order valence-corrected chi connectivity index (χ0v) is 13.4. The highest BCUT2D eigenvalue weighted by Gasteiger charge is 2.17. The van der Waals surface area contributed by atoms with Gasteiger partial charge in [0.25, 0.3) is 5.56 Å². The maximum Gasteiger partial charge on any atom is 0.333 e. The van der Waals surface area contributed by atoms with Gasteiger partial charge in [0, 0.05) is 14.1 Å². The Hall–Kier alpha value is -3.34. The largest absolute Gasteiger partial charge is 0.469 e. The fourth-order valence-corrected chi connectivity index (χ4v) is 2.07. The Morgan fingerprint density at radius 2 is 1.79 bits per heavy atom. The van der Waals surface area contributed by atoms with Crippen LogP contribution in [-0.4, -0.2) is 22.2 Å². The number of esters is 1. The molecule has 0 aliphatic carbocycles. The van der Waals surface area contributed by atoms with Crippen molar-refractivity contribution in [3.8, 4) is 17.7 Å². The number of rotatable bonds is 4. The molecule has 0 N–H and O–H groups in total. The van der Waals surface area contributed by atoms with Gasteiger partial charge in [-0.1, -0.05) is 12.1 Å². The van der Waals surface area contributed by atoms with Crippen molar-refractivity contribution in [3.63, 3.8) is 0 Å². The lowest BCUT2D eigenvalue weighted by Crippen LogP contribution is -2.38. The Labute approximate surface area is 137 Å². The van der Waals surface area contributed by atoms with Crippen LogP contribution in [0.15, 0.2) is 33.9 Å². The second-order valence-corrected chi connectivity index (χ2v) is 5.00. The molecule has 0 unspecified atom stereocenters. The zero-order valence-electron chi connectivity index (χ0n) is 13.4. The summed E-state index contributed by atoms with van der Waals surface area (Å²) >= 11 is 0. The van der Waals surface area contributed by atoms with Gasteiger partial charge in [0.2, 0.25) is 5.88 Å². The molecule has 1 aromatic heterocycles. The average molecular weight is 329 g/mol. The smallest absolute Gasteiger partial charge is 0.333 e. The van der Waals surface area contributed by atoms with Gasteiger partial charge in [0.05, 0.1) is 13.5 Å². The first kappa shape index (κ1) is 17.0. The molecule has 8 nitrogen and oxygen atoms in total. The van der Waals surface area contributed by atoms with Gasteiger partial charge in [0.15, 0.2) is 5.56 Å². The molecule has 0 fully saturated rings. The number of aromatic nitrogens is 2. The van der Waals surface area contributed by atoms with Gasteiger partial charge in [-0.05, 0) is 17.7 Å². The second-order valence-electron chi connectivity index (χ2n) is 5.00. The van der Waals surface area contributed by atoms with E-state index in [-0.39, 0.29) is 23.8 Å². The van der Waals surface area contributed by atoms with Crippen LogP contribution in [0.4, 0.5) is 0 Å². The Bertz CT molecular complexity index is 932. The SMILES string of the molecule is COC(=O)Cc1ccc(Oc2c(C#N)c(=O)n(C)c(=O)n2C)cc1. The van der Waals surface area contributed by atoms with E-state index >= 15 is 0 Å². The minimum atomic E-state index is -0.724. The summed E-state index contributed by atoms with van der Waals surface area (Å²) in [6.45, 7) is 0. The molecule has 1 heterocycles. The van der Waals surface area contributed by atoms with Crippen molar-refractivity contribution in [2.45, 2.75) is 6.42 Å². The normalized spacial score (nSPS) is 10.1. The molecule has 2 aromatic rings. The quantitative estimate of drug-likeness (QED) is 0.755. The van der Waals surface area contributed by atoms with Crippen LogP contribution in [0.25, 0.3) is 0 Å². The van der Waals surface area contributed by atoms with Crippen LogP contribution >= 0.6 is 0 Å². The van der Waals surface area contributed by atoms with Gasteiger partial charge in [-0.2, -0.15) is 5.26 Å². The highest BCUT2D eigenvalue weighted by molar-refractivity contribution is 5.72. The summed E-state index contributed by atoms with van der Waals surface area (Å²) in [7, 11) is 4.00. The van der Waals surface area contributed by atoms with E-state index in [1.165, 1.54) is 21.2 Å². The first-order valence-electron chi connectivity index (χ1n) is 6.92. The van der Waals surface area contributed by atoms with Crippen LogP contribution in [0.2, 0.25) is 0 Å². The summed E-state index contributed by atoms with van der Waals surface area (Å²) in [6.07, 6.45) is 0.116. The molecule has 24 heavy (non-hydrogen) atoms. The van der Waals surface area contributed by atoms with Gasteiger partial charge >= 0.3 is 11.7 Å². The van der Waals surface area contributed by atoms with Gasteiger partial charge in [0.1, 0.15) is 11.8 Å². The van der Waals surface area contributed by atoms with E-state index < -0.39 is 11.2 Å². The van der Waals surface area contributed by atoms with Crippen molar-refractivity contribution >= 4 is 5.97 Å². The number of nitrogens with zero attached hydrogens (tertiary/aromatic N) is 3. The summed E-state index contributed by atoms with van der Waals surface area (Å²) < 4.78 is 12.1. The molecule has 0 amide bonds. The van der Waals surface area contributed by atoms with Crippen molar-refractivity contribution in [1.82, 2.24) is 9.13 Å². The van der Waals surface area contributed by atoms with E-state index in [1.807, 2.05) is 0 Å². The van der Waals surface area contributed by atoms with Crippen molar-refractivity contribution in [3.05, 3.63) is 56.2 Å². The lowest BCUT2D eigenvalue weighted by Gasteiger charge is -2.12. The lowest BCUT2D eigenvalue weighted by atomic mass is 10.1. The number of ether oxygens (including phenoxy) is 2. The predicted molar refractivity (Wildman–Crippen MR) is 83.9 cm³/mol. The van der Waals surface area contributed by atoms with Gasteiger partial charge in [-0.3, -0.25) is 18.7 Å². The molecule has 0 saturated carbocycles. The van der Waals surface area contributed by atoms with E-state index in [0.29, 0.717) is 11.3 Å². The Morgan fingerprint density at radius 1 is 1.17 bits per heavy atom. The van der Waals surface area contributed by atoms with E-state index in [2.05, 4.69) is 4.74 Å². The molecule has 0 spiro atoms. The maximum atomic E-state index is 12.0. The van der Waals surface area contributed by atoms with Crippen LogP contribution in [0.5, 0.6) is 11.6 Å². The van der Waals surface area contributed by atoms with Crippen molar-refractivity contribution in [2.24, 2.45) is 14.1 Å². The minimum Gasteiger partial charge on any atom is -0.469 e. The van der Waals surface area contributed by atoms with Crippen molar-refractivity contribution < 1.29 is 14.3 Å². The molecule has 8 heteroatoms. The first-order chi connectivity index (χ1) is 11.4. The Balaban J connectivity index is 2.39. The summed E-state index contributed by atoms with van der Waals surface area (Å²) in [5.74, 6) is -0.181. The Morgan fingerprint density at radius 3 is 2.33 bits per heavy atom. The van der Waals surface area contributed by atoms with E-state index in [1.54, 1.807) is 30.3 Å². The number of hydrogen-bond acceptors (Lipinski definition) is 6. The minimum absolute atomic E-state index is 0.116. The zero-order chi connectivity index (χ0) is 17.9. The molecule has 124 valence electrons. The molecule has 0 aliphatic rings. The molecule has 0 atom stereocenters. The third-order valence-electron chi connectivity index (χ3n) is 3.44. The maximum absolute atomic E-state index is 12.0. The monoisotopic (exact) mass is 329 g/mol. The third-order valence-corrected chi connectivity index (χ3v) is 3.44. The predicted octanol–water partition coefficient (Wildman–Crippen LogP) is 0.463. The molecule has 0 aliphatic heterocycles. The average Bonchev–Trinajstić information content (AvgIpc) is 2.59. The number of benzene rings is 1. The molecule has 2 rings (SSSR count). The van der Waals surface area contributed by atoms with Crippen LogP contribution in [0.3, 0.4) is 0 Å². The summed E-state index contributed by atoms with van der Waals surface area (Å²) in [5, 5.41) is 9.18.